The first kappa shape index (κ1) is 22.3. The molecule has 0 aliphatic carbocycles. The van der Waals surface area contributed by atoms with Crippen molar-refractivity contribution < 1.29 is 17.6 Å². The van der Waals surface area contributed by atoms with Gasteiger partial charge >= 0.3 is 0 Å². The lowest BCUT2D eigenvalue weighted by molar-refractivity contribution is -0.121. The van der Waals surface area contributed by atoms with E-state index >= 15 is 0 Å². The minimum absolute atomic E-state index is 0.0860. The van der Waals surface area contributed by atoms with Crippen LogP contribution in [0.4, 0.5) is 4.39 Å². The van der Waals surface area contributed by atoms with Gasteiger partial charge in [-0.05, 0) is 67.1 Å². The van der Waals surface area contributed by atoms with Crippen molar-refractivity contribution in [3.05, 3.63) is 59.4 Å². The van der Waals surface area contributed by atoms with E-state index < -0.39 is 10.0 Å². The molecule has 4 rings (SSSR count). The molecule has 0 saturated carbocycles. The lowest BCUT2D eigenvalue weighted by Gasteiger charge is -2.26. The number of sulfonamides is 1. The number of carbonyl (C=O) groups excluding carboxylic acids is 1. The molecule has 0 bridgehead atoms. The van der Waals surface area contributed by atoms with Gasteiger partial charge in [0.25, 0.3) is 0 Å². The van der Waals surface area contributed by atoms with Crippen LogP contribution in [0.5, 0.6) is 0 Å². The van der Waals surface area contributed by atoms with Gasteiger partial charge in [-0.3, -0.25) is 4.79 Å². The van der Waals surface area contributed by atoms with E-state index in [0.717, 1.165) is 47.5 Å². The number of piperidine rings is 1. The van der Waals surface area contributed by atoms with Crippen LogP contribution < -0.4 is 5.32 Å². The second kappa shape index (κ2) is 9.71. The first-order valence-corrected chi connectivity index (χ1v) is 13.2. The lowest BCUT2D eigenvalue weighted by Crippen LogP contribution is -2.35. The zero-order chi connectivity index (χ0) is 21.8. The Morgan fingerprint density at radius 3 is 2.58 bits per heavy atom. The number of amides is 1. The van der Waals surface area contributed by atoms with Crippen LogP contribution in [0, 0.1) is 5.82 Å². The molecule has 1 fully saturated rings. The highest BCUT2D eigenvalue weighted by Crippen LogP contribution is 2.36. The summed E-state index contributed by atoms with van der Waals surface area (Å²) in [5, 5.41) is 3.03. The highest BCUT2D eigenvalue weighted by atomic mass is 32.2. The Balaban J connectivity index is 1.34. The van der Waals surface area contributed by atoms with Crippen LogP contribution in [-0.2, 0) is 21.2 Å². The summed E-state index contributed by atoms with van der Waals surface area (Å²) in [6, 6.07) is 11.4. The van der Waals surface area contributed by atoms with Gasteiger partial charge in [0.1, 0.15) is 5.82 Å². The molecule has 2 aromatic rings. The first-order valence-electron chi connectivity index (χ1n) is 10.7. The third-order valence-electron chi connectivity index (χ3n) is 5.86. The Kier molecular flexibility index (Phi) is 6.99. The SMILES string of the molecule is O=C(CCc1ccc(S(=O)(=O)N2CCCCC2)cc1)NC1CCSc2ccc(F)cc21. The van der Waals surface area contributed by atoms with Crippen molar-refractivity contribution in [1.29, 1.82) is 0 Å². The Labute approximate surface area is 187 Å². The molecule has 5 nitrogen and oxygen atoms in total. The molecule has 31 heavy (non-hydrogen) atoms. The molecule has 0 aromatic heterocycles. The molecule has 2 heterocycles. The van der Waals surface area contributed by atoms with Crippen molar-refractivity contribution >= 4 is 27.7 Å². The van der Waals surface area contributed by atoms with Gasteiger partial charge in [-0.25, -0.2) is 12.8 Å². The number of rotatable bonds is 6. The largest absolute Gasteiger partial charge is 0.349 e. The van der Waals surface area contributed by atoms with Crippen LogP contribution in [0.15, 0.2) is 52.3 Å². The van der Waals surface area contributed by atoms with Gasteiger partial charge in [0, 0.05) is 30.2 Å². The van der Waals surface area contributed by atoms with E-state index in [4.69, 9.17) is 0 Å². The molecule has 166 valence electrons. The zero-order valence-corrected chi connectivity index (χ0v) is 19.0. The fourth-order valence-electron chi connectivity index (χ4n) is 4.12. The molecule has 1 unspecified atom stereocenters. The maximum absolute atomic E-state index is 13.6. The molecule has 8 heteroatoms. The minimum atomic E-state index is -3.44. The van der Waals surface area contributed by atoms with Crippen molar-refractivity contribution in [2.45, 2.75) is 54.4 Å². The summed E-state index contributed by atoms with van der Waals surface area (Å²) in [4.78, 5) is 13.8. The molecule has 1 amide bonds. The number of benzene rings is 2. The summed E-state index contributed by atoms with van der Waals surface area (Å²) in [7, 11) is -3.44. The normalized spacial score (nSPS) is 19.6. The van der Waals surface area contributed by atoms with E-state index in [1.807, 2.05) is 0 Å². The summed E-state index contributed by atoms with van der Waals surface area (Å²) < 4.78 is 40.7. The first-order chi connectivity index (χ1) is 14.9. The zero-order valence-electron chi connectivity index (χ0n) is 17.3. The van der Waals surface area contributed by atoms with Crippen molar-refractivity contribution in [3.8, 4) is 0 Å². The Hall–Kier alpha value is -1.90. The number of nitrogens with zero attached hydrogens (tertiary/aromatic N) is 1. The third kappa shape index (κ3) is 5.30. The molecule has 2 aliphatic heterocycles. The number of aryl methyl sites for hydroxylation is 1. The summed E-state index contributed by atoms with van der Waals surface area (Å²) in [6.07, 6.45) is 4.48. The number of halogens is 1. The van der Waals surface area contributed by atoms with E-state index in [1.54, 1.807) is 46.4 Å². The fourth-order valence-corrected chi connectivity index (χ4v) is 6.74. The highest BCUT2D eigenvalue weighted by Gasteiger charge is 2.26. The third-order valence-corrected chi connectivity index (χ3v) is 8.90. The fraction of sp³-hybridized carbons (Fsp3) is 0.435. The molecule has 0 radical (unpaired) electrons. The predicted molar refractivity (Wildman–Crippen MR) is 120 cm³/mol. The van der Waals surface area contributed by atoms with E-state index in [-0.39, 0.29) is 17.8 Å². The maximum atomic E-state index is 13.6. The van der Waals surface area contributed by atoms with E-state index in [2.05, 4.69) is 5.32 Å². The molecule has 2 aliphatic rings. The molecule has 1 atom stereocenters. The average molecular weight is 463 g/mol. The number of nitrogens with one attached hydrogen (secondary N) is 1. The van der Waals surface area contributed by atoms with Gasteiger partial charge in [0.05, 0.1) is 10.9 Å². The van der Waals surface area contributed by atoms with Crippen LogP contribution in [0.25, 0.3) is 0 Å². The summed E-state index contributed by atoms with van der Waals surface area (Å²) in [6.45, 7) is 1.16. The van der Waals surface area contributed by atoms with Gasteiger partial charge in [0.15, 0.2) is 0 Å². The second-order valence-corrected chi connectivity index (χ2v) is 11.1. The van der Waals surface area contributed by atoms with Crippen LogP contribution in [0.1, 0.15) is 49.3 Å². The predicted octanol–water partition coefficient (Wildman–Crippen LogP) is 4.29. The van der Waals surface area contributed by atoms with Crippen LogP contribution in [-0.4, -0.2) is 37.5 Å². The molecule has 1 N–H and O–H groups in total. The topological polar surface area (TPSA) is 66.5 Å². The number of hydrogen-bond acceptors (Lipinski definition) is 4. The van der Waals surface area contributed by atoms with Crippen LogP contribution in [0.2, 0.25) is 0 Å². The average Bonchev–Trinajstić information content (AvgIpc) is 2.79. The monoisotopic (exact) mass is 462 g/mol. The van der Waals surface area contributed by atoms with Gasteiger partial charge < -0.3 is 5.32 Å². The van der Waals surface area contributed by atoms with Gasteiger partial charge in [-0.15, -0.1) is 11.8 Å². The maximum Gasteiger partial charge on any atom is 0.243 e. The van der Waals surface area contributed by atoms with Gasteiger partial charge in [-0.1, -0.05) is 18.6 Å². The molecule has 0 spiro atoms. The number of thioether (sulfide) groups is 1. The standard InChI is InChI=1S/C23H27FN2O3S2/c24-18-7-10-22-20(16-18)21(12-15-30-22)25-23(27)11-6-17-4-8-19(9-5-17)31(28,29)26-13-2-1-3-14-26/h4-5,7-10,16,21H,1-3,6,11-15H2,(H,25,27). The molecule has 2 aromatic carbocycles. The van der Waals surface area contributed by atoms with E-state index in [0.29, 0.717) is 30.8 Å². The van der Waals surface area contributed by atoms with Crippen molar-refractivity contribution in [2.75, 3.05) is 18.8 Å². The van der Waals surface area contributed by atoms with Gasteiger partial charge in [-0.2, -0.15) is 4.31 Å². The molecular formula is C23H27FN2O3S2. The quantitative estimate of drug-likeness (QED) is 0.696. The van der Waals surface area contributed by atoms with Crippen molar-refractivity contribution in [2.24, 2.45) is 0 Å². The smallest absolute Gasteiger partial charge is 0.243 e. The number of fused-ring (bicyclic) bond motifs is 1. The molecular weight excluding hydrogens is 435 g/mol. The lowest BCUT2D eigenvalue weighted by atomic mass is 10.0. The van der Waals surface area contributed by atoms with Crippen LogP contribution in [0.3, 0.4) is 0 Å². The Morgan fingerprint density at radius 1 is 1.10 bits per heavy atom. The minimum Gasteiger partial charge on any atom is -0.349 e. The summed E-state index contributed by atoms with van der Waals surface area (Å²) in [5.74, 6) is 0.508. The van der Waals surface area contributed by atoms with Crippen molar-refractivity contribution in [3.63, 3.8) is 0 Å². The van der Waals surface area contributed by atoms with E-state index in [1.165, 1.54) is 12.1 Å². The summed E-state index contributed by atoms with van der Waals surface area (Å²) in [5.41, 5.74) is 1.76. The second-order valence-electron chi connectivity index (χ2n) is 8.05. The Morgan fingerprint density at radius 2 is 1.84 bits per heavy atom. The number of hydrogen-bond donors (Lipinski definition) is 1. The highest BCUT2D eigenvalue weighted by molar-refractivity contribution is 7.99. The number of carbonyl (C=O) groups is 1. The van der Waals surface area contributed by atoms with Crippen LogP contribution >= 0.6 is 11.8 Å². The molecule has 1 saturated heterocycles. The van der Waals surface area contributed by atoms with Crippen molar-refractivity contribution in [1.82, 2.24) is 9.62 Å². The summed E-state index contributed by atoms with van der Waals surface area (Å²) >= 11 is 1.68. The Bertz CT molecular complexity index is 1040. The van der Waals surface area contributed by atoms with E-state index in [9.17, 15) is 17.6 Å². The van der Waals surface area contributed by atoms with Gasteiger partial charge in [0.2, 0.25) is 15.9 Å².